The van der Waals surface area contributed by atoms with E-state index in [-0.39, 0.29) is 0 Å². The largest absolute Gasteiger partial charge is 0.370 e. The summed E-state index contributed by atoms with van der Waals surface area (Å²) in [5, 5.41) is 3.29. The van der Waals surface area contributed by atoms with E-state index in [9.17, 15) is 0 Å². The van der Waals surface area contributed by atoms with E-state index in [1.165, 1.54) is 38.5 Å². The third-order valence-electron chi connectivity index (χ3n) is 3.02. The first kappa shape index (κ1) is 8.79. The second-order valence-corrected chi connectivity index (χ2v) is 4.08. The first-order chi connectivity index (χ1) is 6.45. The molecule has 72 valence electrons. The summed E-state index contributed by atoms with van der Waals surface area (Å²) in [6.07, 6.45) is 14.6. The van der Waals surface area contributed by atoms with Crippen molar-refractivity contribution in [2.24, 2.45) is 10.9 Å². The summed E-state index contributed by atoms with van der Waals surface area (Å²) < 4.78 is 0. The van der Waals surface area contributed by atoms with Crippen LogP contribution in [0, 0.1) is 5.92 Å². The second-order valence-electron chi connectivity index (χ2n) is 4.08. The zero-order valence-electron chi connectivity index (χ0n) is 8.08. The molecule has 1 aliphatic heterocycles. The molecule has 1 unspecified atom stereocenters. The predicted octanol–water partition coefficient (Wildman–Crippen LogP) is 2.47. The Kier molecular flexibility index (Phi) is 3.01. The summed E-state index contributed by atoms with van der Waals surface area (Å²) in [6.45, 7) is 0. The third kappa shape index (κ3) is 2.58. The van der Waals surface area contributed by atoms with Crippen LogP contribution in [0.25, 0.3) is 0 Å². The fraction of sp³-hybridized carbons (Fsp3) is 0.727. The van der Waals surface area contributed by atoms with Gasteiger partial charge in [0.15, 0.2) is 0 Å². The van der Waals surface area contributed by atoms with Crippen LogP contribution in [0.3, 0.4) is 0 Å². The predicted molar refractivity (Wildman–Crippen MR) is 55.7 cm³/mol. The van der Waals surface area contributed by atoms with Crippen molar-refractivity contribution in [2.45, 2.75) is 44.7 Å². The molecule has 0 aromatic heterocycles. The monoisotopic (exact) mass is 178 g/mol. The molecule has 0 radical (unpaired) electrons. The van der Waals surface area contributed by atoms with E-state index in [0.717, 1.165) is 5.92 Å². The highest BCUT2D eigenvalue weighted by molar-refractivity contribution is 5.71. The summed E-state index contributed by atoms with van der Waals surface area (Å²) in [5.41, 5.74) is 0. The third-order valence-corrected chi connectivity index (χ3v) is 3.02. The van der Waals surface area contributed by atoms with Gasteiger partial charge in [-0.05, 0) is 24.6 Å². The van der Waals surface area contributed by atoms with Crippen LogP contribution in [0.4, 0.5) is 0 Å². The van der Waals surface area contributed by atoms with Crippen molar-refractivity contribution in [3.05, 3.63) is 12.3 Å². The van der Waals surface area contributed by atoms with Crippen LogP contribution in [-0.4, -0.2) is 12.4 Å². The maximum absolute atomic E-state index is 4.40. The molecule has 0 saturated heterocycles. The lowest BCUT2D eigenvalue weighted by Crippen LogP contribution is -2.27. The van der Waals surface area contributed by atoms with Gasteiger partial charge >= 0.3 is 0 Å². The SMILES string of the molecule is C1=CNC(CC2CCCCC2)N=C1. The minimum atomic E-state index is 0.355. The van der Waals surface area contributed by atoms with Gasteiger partial charge < -0.3 is 5.32 Å². The van der Waals surface area contributed by atoms with Crippen LogP contribution in [0.5, 0.6) is 0 Å². The molecular weight excluding hydrogens is 160 g/mol. The van der Waals surface area contributed by atoms with Crippen molar-refractivity contribution in [1.29, 1.82) is 0 Å². The molecule has 0 bridgehead atoms. The molecule has 1 atom stereocenters. The van der Waals surface area contributed by atoms with Crippen molar-refractivity contribution < 1.29 is 0 Å². The van der Waals surface area contributed by atoms with Crippen LogP contribution in [0.1, 0.15) is 38.5 Å². The van der Waals surface area contributed by atoms with Gasteiger partial charge in [0.25, 0.3) is 0 Å². The van der Waals surface area contributed by atoms with E-state index in [0.29, 0.717) is 6.17 Å². The van der Waals surface area contributed by atoms with Gasteiger partial charge in [-0.15, -0.1) is 0 Å². The molecule has 0 aromatic carbocycles. The van der Waals surface area contributed by atoms with Crippen LogP contribution in [0.2, 0.25) is 0 Å². The van der Waals surface area contributed by atoms with Gasteiger partial charge in [-0.1, -0.05) is 32.1 Å². The highest BCUT2D eigenvalue weighted by Gasteiger charge is 2.17. The van der Waals surface area contributed by atoms with Crippen molar-refractivity contribution in [3.63, 3.8) is 0 Å². The van der Waals surface area contributed by atoms with E-state index in [4.69, 9.17) is 0 Å². The molecule has 0 spiro atoms. The molecule has 1 heterocycles. The van der Waals surface area contributed by atoms with Gasteiger partial charge in [0.1, 0.15) is 6.17 Å². The Bertz CT molecular complexity index is 202. The van der Waals surface area contributed by atoms with Crippen LogP contribution in [0.15, 0.2) is 17.3 Å². The number of hydrogen-bond acceptors (Lipinski definition) is 2. The number of allylic oxidation sites excluding steroid dienone is 1. The smallest absolute Gasteiger partial charge is 0.118 e. The van der Waals surface area contributed by atoms with E-state index >= 15 is 0 Å². The first-order valence-electron chi connectivity index (χ1n) is 5.39. The molecule has 2 aliphatic rings. The standard InChI is InChI=1S/C11H18N2/c1-2-5-10(6-3-1)9-11-12-7-4-8-13-11/h4,7-8,10-12H,1-3,5-6,9H2. The summed E-state index contributed by atoms with van der Waals surface area (Å²) in [6, 6.07) is 0. The topological polar surface area (TPSA) is 24.4 Å². The first-order valence-corrected chi connectivity index (χ1v) is 5.39. The molecule has 2 heteroatoms. The van der Waals surface area contributed by atoms with Gasteiger partial charge in [0, 0.05) is 6.21 Å². The lowest BCUT2D eigenvalue weighted by Gasteiger charge is -2.25. The average Bonchev–Trinajstić information content (AvgIpc) is 2.21. The average molecular weight is 178 g/mol. The molecule has 0 amide bonds. The Balaban J connectivity index is 1.76. The van der Waals surface area contributed by atoms with Crippen molar-refractivity contribution in [2.75, 3.05) is 0 Å². The summed E-state index contributed by atoms with van der Waals surface area (Å²) >= 11 is 0. The van der Waals surface area contributed by atoms with Crippen molar-refractivity contribution >= 4 is 6.21 Å². The molecule has 0 aromatic rings. The summed E-state index contributed by atoms with van der Waals surface area (Å²) in [5.74, 6) is 0.912. The summed E-state index contributed by atoms with van der Waals surface area (Å²) in [7, 11) is 0. The molecule has 1 fully saturated rings. The highest BCUT2D eigenvalue weighted by Crippen LogP contribution is 2.27. The Labute approximate surface area is 80.1 Å². The van der Waals surface area contributed by atoms with E-state index in [1.54, 1.807) is 0 Å². The molecule has 1 aliphatic carbocycles. The normalized spacial score (nSPS) is 28.8. The Morgan fingerprint density at radius 1 is 1.23 bits per heavy atom. The fourth-order valence-electron chi connectivity index (χ4n) is 2.27. The number of rotatable bonds is 2. The Hall–Kier alpha value is -0.790. The van der Waals surface area contributed by atoms with Crippen LogP contribution >= 0.6 is 0 Å². The van der Waals surface area contributed by atoms with Gasteiger partial charge in [-0.2, -0.15) is 0 Å². The fourth-order valence-corrected chi connectivity index (χ4v) is 2.27. The van der Waals surface area contributed by atoms with Crippen LogP contribution < -0.4 is 5.32 Å². The van der Waals surface area contributed by atoms with Crippen molar-refractivity contribution in [1.82, 2.24) is 5.32 Å². The van der Waals surface area contributed by atoms with Gasteiger partial charge in [-0.25, -0.2) is 0 Å². The minimum absolute atomic E-state index is 0.355. The maximum Gasteiger partial charge on any atom is 0.118 e. The van der Waals surface area contributed by atoms with E-state index in [1.807, 2.05) is 18.5 Å². The molecule has 1 saturated carbocycles. The number of aliphatic imine (C=N–C) groups is 1. The zero-order chi connectivity index (χ0) is 8.93. The number of nitrogens with one attached hydrogen (secondary N) is 1. The molecule has 1 N–H and O–H groups in total. The van der Waals surface area contributed by atoms with E-state index < -0.39 is 0 Å². The lowest BCUT2D eigenvalue weighted by atomic mass is 9.86. The summed E-state index contributed by atoms with van der Waals surface area (Å²) in [4.78, 5) is 4.40. The zero-order valence-corrected chi connectivity index (χ0v) is 8.08. The Morgan fingerprint density at radius 3 is 2.77 bits per heavy atom. The maximum atomic E-state index is 4.40. The quantitative estimate of drug-likeness (QED) is 0.690. The van der Waals surface area contributed by atoms with E-state index in [2.05, 4.69) is 10.3 Å². The number of hydrogen-bond donors (Lipinski definition) is 1. The highest BCUT2D eigenvalue weighted by atomic mass is 15.1. The molecular formula is C11H18N2. The van der Waals surface area contributed by atoms with Gasteiger partial charge in [0.2, 0.25) is 0 Å². The Morgan fingerprint density at radius 2 is 2.08 bits per heavy atom. The van der Waals surface area contributed by atoms with Gasteiger partial charge in [-0.3, -0.25) is 4.99 Å². The second kappa shape index (κ2) is 4.45. The molecule has 2 rings (SSSR count). The minimum Gasteiger partial charge on any atom is -0.370 e. The lowest BCUT2D eigenvalue weighted by molar-refractivity contribution is 0.309. The van der Waals surface area contributed by atoms with Crippen molar-refractivity contribution in [3.8, 4) is 0 Å². The molecule has 13 heavy (non-hydrogen) atoms. The van der Waals surface area contributed by atoms with Crippen LogP contribution in [-0.2, 0) is 0 Å². The molecule has 2 nitrogen and oxygen atoms in total. The number of nitrogens with zero attached hydrogens (tertiary/aromatic N) is 1. The van der Waals surface area contributed by atoms with Gasteiger partial charge in [0.05, 0.1) is 0 Å².